The van der Waals surface area contributed by atoms with Gasteiger partial charge in [-0.05, 0) is 37.1 Å². The SMILES string of the molecule is O=CN(c1nc(-c2ccc(OC(F)F)cc2)cs1)C1CC1. The van der Waals surface area contributed by atoms with Crippen LogP contribution in [0.1, 0.15) is 12.8 Å². The molecule has 1 aliphatic carbocycles. The fraction of sp³-hybridized carbons (Fsp3) is 0.286. The largest absolute Gasteiger partial charge is 0.435 e. The first-order valence-corrected chi connectivity index (χ1v) is 7.30. The van der Waals surface area contributed by atoms with Crippen LogP contribution in [0.15, 0.2) is 29.6 Å². The second-order valence-corrected chi connectivity index (χ2v) is 5.50. The van der Waals surface area contributed by atoms with E-state index in [0.29, 0.717) is 10.8 Å². The fourth-order valence-electron chi connectivity index (χ4n) is 1.96. The van der Waals surface area contributed by atoms with Crippen LogP contribution in [-0.4, -0.2) is 24.0 Å². The van der Waals surface area contributed by atoms with Gasteiger partial charge in [-0.2, -0.15) is 8.78 Å². The van der Waals surface area contributed by atoms with Crippen molar-refractivity contribution in [1.82, 2.24) is 4.98 Å². The number of nitrogens with zero attached hydrogens (tertiary/aromatic N) is 2. The summed E-state index contributed by atoms with van der Waals surface area (Å²) in [4.78, 5) is 17.2. The maximum absolute atomic E-state index is 12.1. The van der Waals surface area contributed by atoms with Crippen LogP contribution in [0.2, 0.25) is 0 Å². The van der Waals surface area contributed by atoms with Gasteiger partial charge in [-0.3, -0.25) is 9.69 Å². The average Bonchev–Trinajstić information content (AvgIpc) is 3.17. The lowest BCUT2D eigenvalue weighted by atomic mass is 10.2. The molecule has 3 rings (SSSR count). The lowest BCUT2D eigenvalue weighted by Crippen LogP contribution is -2.23. The van der Waals surface area contributed by atoms with Gasteiger partial charge < -0.3 is 4.74 Å². The van der Waals surface area contributed by atoms with Crippen molar-refractivity contribution in [3.8, 4) is 17.0 Å². The smallest absolute Gasteiger partial charge is 0.387 e. The van der Waals surface area contributed by atoms with E-state index >= 15 is 0 Å². The zero-order valence-corrected chi connectivity index (χ0v) is 11.7. The molecule has 110 valence electrons. The maximum Gasteiger partial charge on any atom is 0.387 e. The van der Waals surface area contributed by atoms with Crippen molar-refractivity contribution in [2.24, 2.45) is 0 Å². The third-order valence-corrected chi connectivity index (χ3v) is 4.00. The molecule has 0 atom stereocenters. The van der Waals surface area contributed by atoms with Crippen LogP contribution in [0.25, 0.3) is 11.3 Å². The molecule has 0 aliphatic heterocycles. The molecule has 1 fully saturated rings. The van der Waals surface area contributed by atoms with E-state index in [0.717, 1.165) is 24.8 Å². The number of carbonyl (C=O) groups excluding carboxylic acids is 1. The van der Waals surface area contributed by atoms with Crippen molar-refractivity contribution in [3.63, 3.8) is 0 Å². The number of amides is 1. The Bertz CT molecular complexity index is 626. The van der Waals surface area contributed by atoms with E-state index in [4.69, 9.17) is 0 Å². The molecule has 1 aromatic carbocycles. The molecule has 0 unspecified atom stereocenters. The molecule has 4 nitrogen and oxygen atoms in total. The fourth-order valence-corrected chi connectivity index (χ4v) is 2.83. The van der Waals surface area contributed by atoms with Crippen LogP contribution in [0.5, 0.6) is 5.75 Å². The minimum atomic E-state index is -2.83. The van der Waals surface area contributed by atoms with Crippen molar-refractivity contribution < 1.29 is 18.3 Å². The topological polar surface area (TPSA) is 42.4 Å². The van der Waals surface area contributed by atoms with Gasteiger partial charge in [-0.1, -0.05) is 0 Å². The molecule has 21 heavy (non-hydrogen) atoms. The van der Waals surface area contributed by atoms with Crippen LogP contribution in [0.4, 0.5) is 13.9 Å². The molecule has 1 amide bonds. The van der Waals surface area contributed by atoms with E-state index < -0.39 is 6.61 Å². The van der Waals surface area contributed by atoms with E-state index in [1.54, 1.807) is 17.0 Å². The third kappa shape index (κ3) is 3.18. The first-order chi connectivity index (χ1) is 10.2. The third-order valence-electron chi connectivity index (χ3n) is 3.14. The van der Waals surface area contributed by atoms with Crippen molar-refractivity contribution >= 4 is 22.9 Å². The highest BCUT2D eigenvalue weighted by molar-refractivity contribution is 7.14. The normalized spacial score (nSPS) is 14.2. The summed E-state index contributed by atoms with van der Waals surface area (Å²) in [6.45, 7) is -2.83. The lowest BCUT2D eigenvalue weighted by Gasteiger charge is -2.11. The van der Waals surface area contributed by atoms with E-state index in [1.165, 1.54) is 23.5 Å². The van der Waals surface area contributed by atoms with Gasteiger partial charge >= 0.3 is 6.61 Å². The number of anilines is 1. The molecule has 0 spiro atoms. The predicted octanol–water partition coefficient (Wildman–Crippen LogP) is 3.54. The monoisotopic (exact) mass is 310 g/mol. The minimum Gasteiger partial charge on any atom is -0.435 e. The van der Waals surface area contributed by atoms with Gasteiger partial charge in [0.25, 0.3) is 0 Å². The second-order valence-electron chi connectivity index (χ2n) is 4.66. The summed E-state index contributed by atoms with van der Waals surface area (Å²) in [5.74, 6) is 0.108. The molecule has 0 N–H and O–H groups in total. The van der Waals surface area contributed by atoms with Crippen molar-refractivity contribution in [2.45, 2.75) is 25.5 Å². The number of halogens is 2. The number of alkyl halides is 2. The number of aromatic nitrogens is 1. The summed E-state index contributed by atoms with van der Waals surface area (Å²) in [7, 11) is 0. The average molecular weight is 310 g/mol. The number of hydrogen-bond donors (Lipinski definition) is 0. The van der Waals surface area contributed by atoms with Crippen molar-refractivity contribution in [3.05, 3.63) is 29.6 Å². The van der Waals surface area contributed by atoms with E-state index in [9.17, 15) is 13.6 Å². The van der Waals surface area contributed by atoms with Gasteiger partial charge in [0.05, 0.1) is 5.69 Å². The van der Waals surface area contributed by atoms with Crippen LogP contribution < -0.4 is 9.64 Å². The quantitative estimate of drug-likeness (QED) is 0.766. The van der Waals surface area contributed by atoms with Gasteiger partial charge in [0, 0.05) is 17.0 Å². The highest BCUT2D eigenvalue weighted by Gasteiger charge is 2.30. The molecular formula is C14H12F2N2O2S. The molecule has 1 heterocycles. The molecule has 1 aliphatic rings. The van der Waals surface area contributed by atoms with Crippen LogP contribution in [0, 0.1) is 0 Å². The number of rotatable bonds is 6. The summed E-state index contributed by atoms with van der Waals surface area (Å²) < 4.78 is 28.5. The number of hydrogen-bond acceptors (Lipinski definition) is 4. The van der Waals surface area contributed by atoms with E-state index in [-0.39, 0.29) is 11.8 Å². The Morgan fingerprint density at radius 2 is 2.05 bits per heavy atom. The Balaban J connectivity index is 1.77. The molecule has 0 bridgehead atoms. The van der Waals surface area contributed by atoms with E-state index in [1.807, 2.05) is 5.38 Å². The van der Waals surface area contributed by atoms with Gasteiger partial charge in [-0.15, -0.1) is 11.3 Å². The van der Waals surface area contributed by atoms with Crippen LogP contribution in [-0.2, 0) is 4.79 Å². The standard InChI is InChI=1S/C14H12F2N2O2S/c15-13(16)20-11-5-1-9(2-6-11)12-7-21-14(17-12)18(8-19)10-3-4-10/h1-2,5-8,10,13H,3-4H2. The zero-order valence-electron chi connectivity index (χ0n) is 10.9. The van der Waals surface area contributed by atoms with Crippen molar-refractivity contribution in [1.29, 1.82) is 0 Å². The molecule has 2 aromatic rings. The summed E-state index contributed by atoms with van der Waals surface area (Å²) >= 11 is 1.39. The summed E-state index contributed by atoms with van der Waals surface area (Å²) in [5, 5.41) is 2.51. The molecule has 1 saturated carbocycles. The number of ether oxygens (including phenoxy) is 1. The molecule has 0 saturated heterocycles. The van der Waals surface area contributed by atoms with E-state index in [2.05, 4.69) is 9.72 Å². The first kappa shape index (κ1) is 13.9. The predicted molar refractivity (Wildman–Crippen MR) is 75.7 cm³/mol. The zero-order chi connectivity index (χ0) is 14.8. The Kier molecular flexibility index (Phi) is 3.83. The number of benzene rings is 1. The lowest BCUT2D eigenvalue weighted by molar-refractivity contribution is -0.107. The second kappa shape index (κ2) is 5.77. The van der Waals surface area contributed by atoms with Crippen LogP contribution in [0.3, 0.4) is 0 Å². The Hall–Kier alpha value is -2.02. The Morgan fingerprint density at radius 3 is 2.62 bits per heavy atom. The van der Waals surface area contributed by atoms with Crippen molar-refractivity contribution in [2.75, 3.05) is 4.90 Å². The summed E-state index contributed by atoms with van der Waals surface area (Å²) in [5.41, 5.74) is 1.51. The van der Waals surface area contributed by atoms with Gasteiger partial charge in [0.15, 0.2) is 5.13 Å². The van der Waals surface area contributed by atoms with Gasteiger partial charge in [-0.25, -0.2) is 4.98 Å². The Morgan fingerprint density at radius 1 is 1.33 bits per heavy atom. The first-order valence-electron chi connectivity index (χ1n) is 6.42. The molecule has 7 heteroatoms. The minimum absolute atomic E-state index is 0.108. The molecule has 0 radical (unpaired) electrons. The highest BCUT2D eigenvalue weighted by atomic mass is 32.1. The highest BCUT2D eigenvalue weighted by Crippen LogP contribution is 2.34. The number of carbonyl (C=O) groups is 1. The number of thiazole rings is 1. The maximum atomic E-state index is 12.1. The van der Waals surface area contributed by atoms with Gasteiger partial charge in [0.2, 0.25) is 6.41 Å². The summed E-state index contributed by atoms with van der Waals surface area (Å²) in [6.07, 6.45) is 2.82. The Labute approximate surface area is 124 Å². The van der Waals surface area contributed by atoms with Crippen LogP contribution >= 0.6 is 11.3 Å². The van der Waals surface area contributed by atoms with Gasteiger partial charge in [0.1, 0.15) is 5.75 Å². The summed E-state index contributed by atoms with van der Waals surface area (Å²) in [6, 6.07) is 6.54. The molecular weight excluding hydrogens is 298 g/mol. The molecule has 1 aromatic heterocycles.